The van der Waals surface area contributed by atoms with Crippen LogP contribution in [-0.2, 0) is 21.3 Å². The summed E-state index contributed by atoms with van der Waals surface area (Å²) in [6.45, 7) is 3.83. The predicted molar refractivity (Wildman–Crippen MR) is 90.0 cm³/mol. The van der Waals surface area contributed by atoms with Crippen LogP contribution in [0.2, 0.25) is 5.02 Å². The molecule has 3 nitrogen and oxygen atoms in total. The van der Waals surface area contributed by atoms with Gasteiger partial charge in [-0.25, -0.2) is 8.42 Å². The molecule has 0 aliphatic rings. The molecule has 0 unspecified atom stereocenters. The molecule has 0 aromatic heterocycles. The van der Waals surface area contributed by atoms with E-state index in [0.717, 1.165) is 5.56 Å². The third-order valence-corrected chi connectivity index (χ3v) is 4.79. The van der Waals surface area contributed by atoms with Crippen LogP contribution in [0.4, 0.5) is 0 Å². The summed E-state index contributed by atoms with van der Waals surface area (Å²) in [5, 5.41) is 0.594. The summed E-state index contributed by atoms with van der Waals surface area (Å²) in [7, 11) is -3.28. The van der Waals surface area contributed by atoms with Gasteiger partial charge in [-0.15, -0.1) is 0 Å². The number of benzene rings is 2. The van der Waals surface area contributed by atoms with E-state index in [1.807, 2.05) is 26.0 Å². The van der Waals surface area contributed by atoms with Crippen LogP contribution >= 0.6 is 11.6 Å². The van der Waals surface area contributed by atoms with Gasteiger partial charge in [0.05, 0.1) is 17.6 Å². The SMILES string of the molecule is CC(C)Oc1ccccc1CS(=O)(=O)Cc1ccc(Cl)cc1. The van der Waals surface area contributed by atoms with E-state index in [0.29, 0.717) is 16.3 Å². The number of para-hydroxylation sites is 1. The zero-order chi connectivity index (χ0) is 16.2. The number of rotatable bonds is 6. The van der Waals surface area contributed by atoms with Crippen molar-refractivity contribution in [1.29, 1.82) is 0 Å². The fraction of sp³-hybridized carbons (Fsp3) is 0.294. The van der Waals surface area contributed by atoms with E-state index in [1.165, 1.54) is 0 Å². The first kappa shape index (κ1) is 16.8. The van der Waals surface area contributed by atoms with Crippen LogP contribution in [-0.4, -0.2) is 14.5 Å². The van der Waals surface area contributed by atoms with Crippen molar-refractivity contribution in [2.45, 2.75) is 31.5 Å². The molecule has 0 radical (unpaired) electrons. The summed E-state index contributed by atoms with van der Waals surface area (Å²) in [6, 6.07) is 14.1. The lowest BCUT2D eigenvalue weighted by atomic mass is 10.2. The largest absolute Gasteiger partial charge is 0.491 e. The average molecular weight is 339 g/mol. The Morgan fingerprint density at radius 2 is 1.64 bits per heavy atom. The highest BCUT2D eigenvalue weighted by Gasteiger charge is 2.16. The Hall–Kier alpha value is -1.52. The van der Waals surface area contributed by atoms with Crippen molar-refractivity contribution in [3.63, 3.8) is 0 Å². The summed E-state index contributed by atoms with van der Waals surface area (Å²) in [6.07, 6.45) is 0.000110. The minimum absolute atomic E-state index is 0.000110. The van der Waals surface area contributed by atoms with E-state index in [-0.39, 0.29) is 17.6 Å². The van der Waals surface area contributed by atoms with Gasteiger partial charge in [0.25, 0.3) is 0 Å². The first-order valence-electron chi connectivity index (χ1n) is 7.05. The molecular weight excluding hydrogens is 320 g/mol. The standard InChI is InChI=1S/C17H19ClO3S/c1-13(2)21-17-6-4-3-5-15(17)12-22(19,20)11-14-7-9-16(18)10-8-14/h3-10,13H,11-12H2,1-2H3. The molecule has 0 saturated carbocycles. The van der Waals surface area contributed by atoms with E-state index in [4.69, 9.17) is 16.3 Å². The van der Waals surface area contributed by atoms with Crippen LogP contribution in [0.5, 0.6) is 5.75 Å². The van der Waals surface area contributed by atoms with Crippen LogP contribution in [0.3, 0.4) is 0 Å². The average Bonchev–Trinajstić information content (AvgIpc) is 2.42. The number of sulfone groups is 1. The maximum Gasteiger partial charge on any atom is 0.158 e. The van der Waals surface area contributed by atoms with Crippen molar-refractivity contribution in [3.8, 4) is 5.75 Å². The molecule has 0 aliphatic heterocycles. The quantitative estimate of drug-likeness (QED) is 0.791. The third-order valence-electron chi connectivity index (χ3n) is 3.01. The lowest BCUT2D eigenvalue weighted by Crippen LogP contribution is -2.11. The fourth-order valence-electron chi connectivity index (χ4n) is 2.11. The summed E-state index contributed by atoms with van der Waals surface area (Å²) in [5.74, 6) is 0.566. The Bertz CT molecular complexity index is 722. The van der Waals surface area contributed by atoms with E-state index in [2.05, 4.69) is 0 Å². The van der Waals surface area contributed by atoms with Gasteiger partial charge in [0.2, 0.25) is 0 Å². The van der Waals surface area contributed by atoms with Crippen LogP contribution in [0.15, 0.2) is 48.5 Å². The van der Waals surface area contributed by atoms with Crippen molar-refractivity contribution in [3.05, 3.63) is 64.7 Å². The van der Waals surface area contributed by atoms with Crippen molar-refractivity contribution in [2.24, 2.45) is 0 Å². The molecule has 0 fully saturated rings. The van der Waals surface area contributed by atoms with Crippen molar-refractivity contribution in [2.75, 3.05) is 0 Å². The van der Waals surface area contributed by atoms with Gasteiger partial charge in [-0.05, 0) is 37.6 Å². The predicted octanol–water partition coefficient (Wildman–Crippen LogP) is 4.24. The number of ether oxygens (including phenoxy) is 1. The number of halogens is 1. The van der Waals surface area contributed by atoms with Gasteiger partial charge in [-0.2, -0.15) is 0 Å². The van der Waals surface area contributed by atoms with E-state index in [1.54, 1.807) is 36.4 Å². The van der Waals surface area contributed by atoms with Gasteiger partial charge in [0.15, 0.2) is 9.84 Å². The van der Waals surface area contributed by atoms with Gasteiger partial charge >= 0.3 is 0 Å². The smallest absolute Gasteiger partial charge is 0.158 e. The number of hydrogen-bond donors (Lipinski definition) is 0. The van der Waals surface area contributed by atoms with Gasteiger partial charge in [0, 0.05) is 10.6 Å². The van der Waals surface area contributed by atoms with Gasteiger partial charge in [0.1, 0.15) is 5.75 Å². The molecule has 5 heteroatoms. The molecule has 0 atom stereocenters. The van der Waals surface area contributed by atoms with Crippen LogP contribution < -0.4 is 4.74 Å². The molecule has 0 N–H and O–H groups in total. The monoisotopic (exact) mass is 338 g/mol. The Morgan fingerprint density at radius 1 is 1.00 bits per heavy atom. The maximum atomic E-state index is 12.4. The molecular formula is C17H19ClO3S. The van der Waals surface area contributed by atoms with Crippen molar-refractivity contribution >= 4 is 21.4 Å². The third kappa shape index (κ3) is 5.04. The fourth-order valence-corrected chi connectivity index (χ4v) is 3.76. The van der Waals surface area contributed by atoms with Crippen LogP contribution in [0.1, 0.15) is 25.0 Å². The van der Waals surface area contributed by atoms with Crippen molar-refractivity contribution < 1.29 is 13.2 Å². The van der Waals surface area contributed by atoms with E-state index < -0.39 is 9.84 Å². The molecule has 0 amide bonds. The van der Waals surface area contributed by atoms with E-state index >= 15 is 0 Å². The molecule has 0 aliphatic carbocycles. The first-order valence-corrected chi connectivity index (χ1v) is 9.25. The summed E-state index contributed by atoms with van der Waals surface area (Å²) < 4.78 is 30.5. The first-order chi connectivity index (χ1) is 10.4. The normalized spacial score (nSPS) is 11.6. The van der Waals surface area contributed by atoms with Gasteiger partial charge in [-0.1, -0.05) is 41.9 Å². The Kier molecular flexibility index (Phi) is 5.48. The highest BCUT2D eigenvalue weighted by molar-refractivity contribution is 7.89. The molecule has 2 aromatic carbocycles. The molecule has 0 saturated heterocycles. The molecule has 0 spiro atoms. The Balaban J connectivity index is 2.16. The maximum absolute atomic E-state index is 12.4. The Labute approximate surface area is 136 Å². The van der Waals surface area contributed by atoms with Crippen LogP contribution in [0, 0.1) is 0 Å². The van der Waals surface area contributed by atoms with Gasteiger partial charge in [-0.3, -0.25) is 0 Å². The van der Waals surface area contributed by atoms with E-state index in [9.17, 15) is 8.42 Å². The molecule has 118 valence electrons. The lowest BCUT2D eigenvalue weighted by Gasteiger charge is -2.14. The highest BCUT2D eigenvalue weighted by Crippen LogP contribution is 2.23. The molecule has 0 bridgehead atoms. The molecule has 0 heterocycles. The summed E-state index contributed by atoms with van der Waals surface area (Å²) in [5.41, 5.74) is 1.41. The highest BCUT2D eigenvalue weighted by atomic mass is 35.5. The molecule has 2 rings (SSSR count). The van der Waals surface area contributed by atoms with Crippen LogP contribution in [0.25, 0.3) is 0 Å². The second-order valence-electron chi connectivity index (χ2n) is 5.43. The molecule has 22 heavy (non-hydrogen) atoms. The van der Waals surface area contributed by atoms with Crippen molar-refractivity contribution in [1.82, 2.24) is 0 Å². The molecule has 2 aromatic rings. The number of hydrogen-bond acceptors (Lipinski definition) is 3. The van der Waals surface area contributed by atoms with Gasteiger partial charge < -0.3 is 4.74 Å². The minimum Gasteiger partial charge on any atom is -0.491 e. The summed E-state index contributed by atoms with van der Waals surface area (Å²) in [4.78, 5) is 0. The lowest BCUT2D eigenvalue weighted by molar-refractivity contribution is 0.240. The topological polar surface area (TPSA) is 43.4 Å². The minimum atomic E-state index is -3.28. The second kappa shape index (κ2) is 7.16. The zero-order valence-corrected chi connectivity index (χ0v) is 14.2. The Morgan fingerprint density at radius 3 is 2.27 bits per heavy atom. The summed E-state index contributed by atoms with van der Waals surface area (Å²) >= 11 is 5.82. The zero-order valence-electron chi connectivity index (χ0n) is 12.6. The second-order valence-corrected chi connectivity index (χ2v) is 7.93.